The van der Waals surface area contributed by atoms with Gasteiger partial charge in [0.25, 0.3) is 0 Å². The Morgan fingerprint density at radius 1 is 1.11 bits per heavy atom. The third-order valence-electron chi connectivity index (χ3n) is 3.46. The van der Waals surface area contributed by atoms with Gasteiger partial charge in [0, 0.05) is 16.5 Å². The zero-order valence-electron chi connectivity index (χ0n) is 11.5. The average molecular weight is 258 g/mol. The maximum absolute atomic E-state index is 11.0. The number of fused-ring (bicyclic) bond motifs is 2. The second kappa shape index (κ2) is 3.83. The highest BCUT2D eigenvalue weighted by Crippen LogP contribution is 2.57. The van der Waals surface area contributed by atoms with Crippen molar-refractivity contribution in [3.63, 3.8) is 0 Å². The van der Waals surface area contributed by atoms with Gasteiger partial charge in [-0.05, 0) is 20.8 Å². The zero-order chi connectivity index (χ0) is 13.7. The highest BCUT2D eigenvalue weighted by molar-refractivity contribution is 5.55. The molecule has 3 nitrogen and oxygen atoms in total. The summed E-state index contributed by atoms with van der Waals surface area (Å²) in [5, 5.41) is 11.0. The topological polar surface area (TPSA) is 38.7 Å². The lowest BCUT2D eigenvalue weighted by Crippen LogP contribution is -2.58. The Kier molecular flexibility index (Phi) is 2.56. The Balaban J connectivity index is 2.12. The number of hydrogen-bond donors (Lipinski definition) is 1. The van der Waals surface area contributed by atoms with E-state index in [1.807, 2.05) is 45.0 Å². The van der Waals surface area contributed by atoms with Crippen LogP contribution in [0.4, 0.5) is 0 Å². The first-order valence-electron chi connectivity index (χ1n) is 6.54. The molecule has 0 amide bonds. The lowest BCUT2D eigenvalue weighted by molar-refractivity contribution is -0.288. The summed E-state index contributed by atoms with van der Waals surface area (Å²) in [4.78, 5) is 0. The summed E-state index contributed by atoms with van der Waals surface area (Å²) in [6.07, 6.45) is 0. The Hall–Kier alpha value is -1.34. The van der Waals surface area contributed by atoms with Crippen LogP contribution in [-0.2, 0) is 20.9 Å². The van der Waals surface area contributed by atoms with Crippen LogP contribution in [0.2, 0.25) is 0 Å². The van der Waals surface area contributed by atoms with Gasteiger partial charge in [0.05, 0.1) is 13.2 Å². The molecule has 1 aliphatic heterocycles. The second-order valence-corrected chi connectivity index (χ2v) is 6.07. The van der Waals surface area contributed by atoms with Crippen molar-refractivity contribution >= 4 is 0 Å². The first-order chi connectivity index (χ1) is 8.89. The van der Waals surface area contributed by atoms with Gasteiger partial charge in [-0.25, -0.2) is 0 Å². The minimum atomic E-state index is -1.37. The van der Waals surface area contributed by atoms with Crippen molar-refractivity contribution in [2.24, 2.45) is 5.41 Å². The summed E-state index contributed by atoms with van der Waals surface area (Å²) >= 11 is 0. The molecule has 1 fully saturated rings. The molecule has 1 aliphatic carbocycles. The van der Waals surface area contributed by atoms with E-state index in [0.29, 0.717) is 13.2 Å². The molecular formula is C16H18O3. The zero-order valence-corrected chi connectivity index (χ0v) is 11.5. The first-order valence-corrected chi connectivity index (χ1v) is 6.54. The summed E-state index contributed by atoms with van der Waals surface area (Å²) in [5.41, 5.74) is 0.125. The van der Waals surface area contributed by atoms with Crippen molar-refractivity contribution in [1.82, 2.24) is 0 Å². The predicted molar refractivity (Wildman–Crippen MR) is 71.2 cm³/mol. The van der Waals surface area contributed by atoms with Crippen LogP contribution < -0.4 is 0 Å². The van der Waals surface area contributed by atoms with Crippen LogP contribution >= 0.6 is 0 Å². The van der Waals surface area contributed by atoms with Crippen molar-refractivity contribution in [2.45, 2.75) is 32.2 Å². The molecule has 0 saturated carbocycles. The van der Waals surface area contributed by atoms with Gasteiger partial charge in [-0.15, -0.1) is 0 Å². The van der Waals surface area contributed by atoms with E-state index in [1.54, 1.807) is 0 Å². The van der Waals surface area contributed by atoms with Gasteiger partial charge < -0.3 is 14.6 Å². The summed E-state index contributed by atoms with van der Waals surface area (Å²) in [6.45, 7) is 6.99. The maximum atomic E-state index is 11.0. The molecule has 1 unspecified atom stereocenters. The minimum Gasteiger partial charge on any atom is -0.369 e. The quantitative estimate of drug-likeness (QED) is 0.725. The molecule has 1 aromatic carbocycles. The molecule has 1 aromatic rings. The Labute approximate surface area is 113 Å². The summed E-state index contributed by atoms with van der Waals surface area (Å²) in [6, 6.07) is 7.61. The van der Waals surface area contributed by atoms with Crippen molar-refractivity contribution in [3.05, 3.63) is 35.4 Å². The second-order valence-electron chi connectivity index (χ2n) is 6.07. The fourth-order valence-electron chi connectivity index (χ4n) is 2.60. The third kappa shape index (κ3) is 1.64. The molecule has 1 spiro atoms. The van der Waals surface area contributed by atoms with Crippen LogP contribution in [0.5, 0.6) is 0 Å². The van der Waals surface area contributed by atoms with Gasteiger partial charge >= 0.3 is 0 Å². The molecule has 1 atom stereocenters. The fourth-order valence-corrected chi connectivity index (χ4v) is 2.60. The van der Waals surface area contributed by atoms with Crippen LogP contribution in [0.1, 0.15) is 31.9 Å². The van der Waals surface area contributed by atoms with Crippen LogP contribution in [0.15, 0.2) is 24.3 Å². The summed E-state index contributed by atoms with van der Waals surface area (Å²) in [7, 11) is 0. The fraction of sp³-hybridized carbons (Fsp3) is 0.500. The molecule has 1 heterocycles. The highest BCUT2D eigenvalue weighted by Gasteiger charge is 2.67. The molecule has 1 saturated heterocycles. The number of aliphatic hydroxyl groups is 1. The van der Waals surface area contributed by atoms with Crippen molar-refractivity contribution in [3.8, 4) is 11.8 Å². The van der Waals surface area contributed by atoms with Crippen LogP contribution in [0, 0.1) is 17.3 Å². The van der Waals surface area contributed by atoms with E-state index in [9.17, 15) is 5.11 Å². The van der Waals surface area contributed by atoms with E-state index in [-0.39, 0.29) is 5.41 Å². The van der Waals surface area contributed by atoms with Gasteiger partial charge in [0.1, 0.15) is 0 Å². The van der Waals surface area contributed by atoms with E-state index in [4.69, 9.17) is 9.47 Å². The number of ether oxygens (including phenoxy) is 2. The van der Waals surface area contributed by atoms with E-state index < -0.39 is 11.4 Å². The third-order valence-corrected chi connectivity index (χ3v) is 3.46. The van der Waals surface area contributed by atoms with Crippen molar-refractivity contribution < 1.29 is 14.6 Å². The SMILES string of the molecule is CC(C)(C)C#CC1(O)c2ccccc2C12OCCO2. The normalized spacial score (nSPS) is 27.4. The Morgan fingerprint density at radius 2 is 1.68 bits per heavy atom. The molecular weight excluding hydrogens is 240 g/mol. The number of hydrogen-bond acceptors (Lipinski definition) is 3. The van der Waals surface area contributed by atoms with E-state index in [0.717, 1.165) is 11.1 Å². The Bertz CT molecular complexity index is 568. The maximum Gasteiger partial charge on any atom is 0.241 e. The molecule has 3 heteroatoms. The molecule has 1 N–H and O–H groups in total. The standard InChI is InChI=1S/C16H18O3/c1-14(2,3)8-9-15(17)12-6-4-5-7-13(12)16(15)18-10-11-19-16/h4-7,17H,10-11H2,1-3H3. The van der Waals surface area contributed by atoms with Crippen molar-refractivity contribution in [2.75, 3.05) is 13.2 Å². The van der Waals surface area contributed by atoms with Gasteiger partial charge in [0.15, 0.2) is 0 Å². The van der Waals surface area contributed by atoms with Gasteiger partial charge in [-0.2, -0.15) is 0 Å². The lowest BCUT2D eigenvalue weighted by atomic mass is 9.67. The number of rotatable bonds is 0. The monoisotopic (exact) mass is 258 g/mol. The molecule has 100 valence electrons. The minimum absolute atomic E-state index is 0.180. The highest BCUT2D eigenvalue weighted by atomic mass is 16.8. The average Bonchev–Trinajstić information content (AvgIpc) is 2.87. The Morgan fingerprint density at radius 3 is 2.26 bits per heavy atom. The van der Waals surface area contributed by atoms with Gasteiger partial charge in [-0.3, -0.25) is 0 Å². The molecule has 19 heavy (non-hydrogen) atoms. The van der Waals surface area contributed by atoms with Gasteiger partial charge in [0.2, 0.25) is 11.4 Å². The molecule has 3 rings (SSSR count). The summed E-state index contributed by atoms with van der Waals surface area (Å²) < 4.78 is 11.4. The lowest BCUT2D eigenvalue weighted by Gasteiger charge is -2.50. The van der Waals surface area contributed by atoms with E-state index in [1.165, 1.54) is 0 Å². The van der Waals surface area contributed by atoms with E-state index in [2.05, 4.69) is 11.8 Å². The molecule has 2 aliphatic rings. The first kappa shape index (κ1) is 12.7. The molecule has 0 radical (unpaired) electrons. The van der Waals surface area contributed by atoms with Crippen LogP contribution in [-0.4, -0.2) is 18.3 Å². The van der Waals surface area contributed by atoms with Gasteiger partial charge in [-0.1, -0.05) is 36.1 Å². The summed E-state index contributed by atoms with van der Waals surface area (Å²) in [5.74, 6) is 4.98. The predicted octanol–water partition coefficient (Wildman–Crippen LogP) is 2.14. The largest absolute Gasteiger partial charge is 0.369 e. The number of benzene rings is 1. The van der Waals surface area contributed by atoms with Crippen LogP contribution in [0.3, 0.4) is 0 Å². The smallest absolute Gasteiger partial charge is 0.241 e. The van der Waals surface area contributed by atoms with E-state index >= 15 is 0 Å². The molecule has 0 bridgehead atoms. The molecule has 0 aromatic heterocycles. The van der Waals surface area contributed by atoms with Crippen molar-refractivity contribution in [1.29, 1.82) is 0 Å². The van der Waals surface area contributed by atoms with Crippen LogP contribution in [0.25, 0.3) is 0 Å².